The molecule has 0 saturated carbocycles. The molecule has 106 valence electrons. The van der Waals surface area contributed by atoms with Crippen LogP contribution in [0.25, 0.3) is 22.6 Å². The first-order chi connectivity index (χ1) is 10.0. The summed E-state index contributed by atoms with van der Waals surface area (Å²) in [4.78, 5) is 7.91. The highest BCUT2D eigenvalue weighted by molar-refractivity contribution is 6.36. The van der Waals surface area contributed by atoms with Gasteiger partial charge in [-0.1, -0.05) is 46.9 Å². The molecular weight excluding hydrogens is 327 g/mol. The van der Waals surface area contributed by atoms with Gasteiger partial charge in [-0.2, -0.15) is 0 Å². The molecule has 3 rings (SSSR count). The number of rotatable bonds is 2. The third-order valence-corrected chi connectivity index (χ3v) is 3.99. The lowest BCUT2D eigenvalue weighted by atomic mass is 10.1. The maximum atomic E-state index is 6.23. The number of aromatic nitrogens is 2. The van der Waals surface area contributed by atoms with Crippen LogP contribution < -0.4 is 0 Å². The fourth-order valence-corrected chi connectivity index (χ4v) is 2.78. The molecule has 0 aliphatic heterocycles. The Hall–Kier alpha value is -1.48. The highest BCUT2D eigenvalue weighted by Crippen LogP contribution is 2.31. The minimum absolute atomic E-state index is 0.568. The molecule has 1 heterocycles. The largest absolute Gasteiger partial charge is 0.341 e. The molecule has 0 amide bonds. The van der Waals surface area contributed by atoms with E-state index in [1.54, 1.807) is 12.1 Å². The second-order valence-electron chi connectivity index (χ2n) is 4.69. The first-order valence-corrected chi connectivity index (χ1v) is 7.46. The van der Waals surface area contributed by atoms with Crippen LogP contribution in [0.1, 0.15) is 5.69 Å². The summed E-state index contributed by atoms with van der Waals surface area (Å²) in [5.41, 5.74) is 3.68. The molecule has 0 radical (unpaired) electrons. The van der Waals surface area contributed by atoms with Crippen LogP contribution in [0.2, 0.25) is 15.1 Å². The SMILES string of the molecule is Cc1[nH]c(-c2ccc(Cl)cc2Cl)nc1-c1ccc(Cl)cc1. The van der Waals surface area contributed by atoms with Crippen molar-refractivity contribution in [1.29, 1.82) is 0 Å². The van der Waals surface area contributed by atoms with Crippen LogP contribution in [0.5, 0.6) is 0 Å². The predicted molar refractivity (Wildman–Crippen MR) is 89.2 cm³/mol. The van der Waals surface area contributed by atoms with Gasteiger partial charge in [0.15, 0.2) is 0 Å². The highest BCUT2D eigenvalue weighted by atomic mass is 35.5. The summed E-state index contributed by atoms with van der Waals surface area (Å²) in [6.45, 7) is 1.98. The minimum Gasteiger partial charge on any atom is -0.341 e. The normalized spacial score (nSPS) is 10.9. The van der Waals surface area contributed by atoms with E-state index in [9.17, 15) is 0 Å². The van der Waals surface area contributed by atoms with Crippen LogP contribution in [-0.4, -0.2) is 9.97 Å². The second-order valence-corrected chi connectivity index (χ2v) is 5.97. The number of halogens is 3. The van der Waals surface area contributed by atoms with Crippen molar-refractivity contribution >= 4 is 34.8 Å². The molecule has 0 aliphatic rings. The Bertz CT molecular complexity index is 792. The molecular formula is C16H11Cl3N2. The molecule has 3 aromatic rings. The van der Waals surface area contributed by atoms with Gasteiger partial charge in [-0.15, -0.1) is 0 Å². The van der Waals surface area contributed by atoms with Gasteiger partial charge >= 0.3 is 0 Å². The fraction of sp³-hybridized carbons (Fsp3) is 0.0625. The van der Waals surface area contributed by atoms with E-state index in [1.165, 1.54) is 0 Å². The molecule has 1 N–H and O–H groups in total. The third-order valence-electron chi connectivity index (χ3n) is 3.19. The number of nitrogens with zero attached hydrogens (tertiary/aromatic N) is 1. The lowest BCUT2D eigenvalue weighted by molar-refractivity contribution is 1.26. The third kappa shape index (κ3) is 2.93. The van der Waals surface area contributed by atoms with Gasteiger partial charge in [0.1, 0.15) is 5.82 Å². The van der Waals surface area contributed by atoms with Crippen LogP contribution >= 0.6 is 34.8 Å². The Labute approximate surface area is 137 Å². The summed E-state index contributed by atoms with van der Waals surface area (Å²) < 4.78 is 0. The average Bonchev–Trinajstić information content (AvgIpc) is 2.81. The number of hydrogen-bond donors (Lipinski definition) is 1. The van der Waals surface area contributed by atoms with Gasteiger partial charge in [0.2, 0.25) is 0 Å². The van der Waals surface area contributed by atoms with Crippen molar-refractivity contribution < 1.29 is 0 Å². The molecule has 21 heavy (non-hydrogen) atoms. The van der Waals surface area contributed by atoms with Crippen LogP contribution in [0.15, 0.2) is 42.5 Å². The van der Waals surface area contributed by atoms with Gasteiger partial charge in [-0.05, 0) is 37.3 Å². The predicted octanol–water partition coefficient (Wildman–Crippen LogP) is 6.01. The smallest absolute Gasteiger partial charge is 0.139 e. The van der Waals surface area contributed by atoms with Gasteiger partial charge in [-0.25, -0.2) is 4.98 Å². The van der Waals surface area contributed by atoms with Crippen LogP contribution in [0.3, 0.4) is 0 Å². The van der Waals surface area contributed by atoms with E-state index >= 15 is 0 Å². The van der Waals surface area contributed by atoms with E-state index in [0.29, 0.717) is 15.1 Å². The van der Waals surface area contributed by atoms with Gasteiger partial charge in [0, 0.05) is 26.9 Å². The molecule has 0 saturated heterocycles. The first-order valence-electron chi connectivity index (χ1n) is 6.32. The van der Waals surface area contributed by atoms with Crippen molar-refractivity contribution in [1.82, 2.24) is 9.97 Å². The molecule has 1 aromatic heterocycles. The quantitative estimate of drug-likeness (QED) is 0.609. The number of nitrogens with one attached hydrogen (secondary N) is 1. The molecule has 0 fully saturated rings. The van der Waals surface area contributed by atoms with Crippen LogP contribution in [0, 0.1) is 6.92 Å². The zero-order valence-electron chi connectivity index (χ0n) is 11.1. The average molecular weight is 338 g/mol. The zero-order valence-corrected chi connectivity index (χ0v) is 13.4. The number of aryl methyl sites for hydroxylation is 1. The number of H-pyrrole nitrogens is 1. The van der Waals surface area contributed by atoms with Gasteiger partial charge < -0.3 is 4.98 Å². The van der Waals surface area contributed by atoms with E-state index in [2.05, 4.69) is 9.97 Å². The minimum atomic E-state index is 0.568. The van der Waals surface area contributed by atoms with E-state index in [1.807, 2.05) is 37.3 Å². The Morgan fingerprint density at radius 2 is 1.57 bits per heavy atom. The van der Waals surface area contributed by atoms with Crippen molar-refractivity contribution in [2.75, 3.05) is 0 Å². The van der Waals surface area contributed by atoms with Crippen molar-refractivity contribution in [3.05, 3.63) is 63.2 Å². The summed E-state index contributed by atoms with van der Waals surface area (Å²) in [5.74, 6) is 0.721. The molecule has 0 atom stereocenters. The molecule has 0 spiro atoms. The van der Waals surface area contributed by atoms with E-state index in [0.717, 1.165) is 28.3 Å². The van der Waals surface area contributed by atoms with Crippen molar-refractivity contribution in [3.8, 4) is 22.6 Å². The number of benzene rings is 2. The van der Waals surface area contributed by atoms with Crippen LogP contribution in [-0.2, 0) is 0 Å². The molecule has 2 aromatic carbocycles. The van der Waals surface area contributed by atoms with Crippen molar-refractivity contribution in [2.24, 2.45) is 0 Å². The Morgan fingerprint density at radius 3 is 2.24 bits per heavy atom. The summed E-state index contributed by atoms with van der Waals surface area (Å²) in [6.07, 6.45) is 0. The lowest BCUT2D eigenvalue weighted by Crippen LogP contribution is -1.83. The fourth-order valence-electron chi connectivity index (χ4n) is 2.16. The summed E-state index contributed by atoms with van der Waals surface area (Å²) in [7, 11) is 0. The van der Waals surface area contributed by atoms with Gasteiger partial charge in [0.05, 0.1) is 10.7 Å². The Kier molecular flexibility index (Phi) is 3.94. The Morgan fingerprint density at radius 1 is 0.905 bits per heavy atom. The molecule has 5 heteroatoms. The standard InChI is InChI=1S/C16H11Cl3N2/c1-9-15(10-2-4-11(17)5-3-10)21-16(20-9)13-7-6-12(18)8-14(13)19/h2-8H,1H3,(H,20,21). The maximum absolute atomic E-state index is 6.23. The van der Waals surface area contributed by atoms with E-state index in [-0.39, 0.29) is 0 Å². The van der Waals surface area contributed by atoms with Crippen molar-refractivity contribution in [2.45, 2.75) is 6.92 Å². The van der Waals surface area contributed by atoms with Gasteiger partial charge in [0.25, 0.3) is 0 Å². The number of aromatic amines is 1. The highest BCUT2D eigenvalue weighted by Gasteiger charge is 2.13. The number of hydrogen-bond acceptors (Lipinski definition) is 1. The van der Waals surface area contributed by atoms with Crippen LogP contribution in [0.4, 0.5) is 0 Å². The lowest BCUT2D eigenvalue weighted by Gasteiger charge is -2.01. The molecule has 0 bridgehead atoms. The molecule has 0 unspecified atom stereocenters. The van der Waals surface area contributed by atoms with Gasteiger partial charge in [-0.3, -0.25) is 0 Å². The zero-order chi connectivity index (χ0) is 15.0. The summed E-state index contributed by atoms with van der Waals surface area (Å²) in [6, 6.07) is 12.9. The summed E-state index contributed by atoms with van der Waals surface area (Å²) in [5, 5.41) is 1.87. The topological polar surface area (TPSA) is 28.7 Å². The molecule has 2 nitrogen and oxygen atoms in total. The first kappa shape index (κ1) is 14.5. The molecule has 0 aliphatic carbocycles. The summed E-state index contributed by atoms with van der Waals surface area (Å²) >= 11 is 18.1. The van der Waals surface area contributed by atoms with E-state index < -0.39 is 0 Å². The van der Waals surface area contributed by atoms with E-state index in [4.69, 9.17) is 34.8 Å². The second kappa shape index (κ2) is 5.72. The number of imidazole rings is 1. The monoisotopic (exact) mass is 336 g/mol. The maximum Gasteiger partial charge on any atom is 0.139 e. The van der Waals surface area contributed by atoms with Crippen molar-refractivity contribution in [3.63, 3.8) is 0 Å². The Balaban J connectivity index is 2.07.